The zero-order valence-corrected chi connectivity index (χ0v) is 14.1. The second kappa shape index (κ2) is 6.46. The molecule has 0 saturated carbocycles. The van der Waals surface area contributed by atoms with E-state index in [-0.39, 0.29) is 25.6 Å². The van der Waals surface area contributed by atoms with Gasteiger partial charge in [-0.05, 0) is 22.3 Å². The Morgan fingerprint density at radius 1 is 1.12 bits per heavy atom. The van der Waals surface area contributed by atoms with E-state index < -0.39 is 17.6 Å². The van der Waals surface area contributed by atoms with Crippen LogP contribution in [0.15, 0.2) is 48.5 Å². The van der Waals surface area contributed by atoms with Crippen molar-refractivity contribution in [2.24, 2.45) is 0 Å². The summed E-state index contributed by atoms with van der Waals surface area (Å²) >= 11 is 0. The summed E-state index contributed by atoms with van der Waals surface area (Å²) in [6.45, 7) is 0.402. The molecule has 1 atom stereocenters. The molecule has 2 aromatic carbocycles. The Bertz CT molecular complexity index is 811. The van der Waals surface area contributed by atoms with Crippen molar-refractivity contribution in [3.63, 3.8) is 0 Å². The first-order chi connectivity index (χ1) is 12.6. The van der Waals surface area contributed by atoms with Gasteiger partial charge in [-0.3, -0.25) is 0 Å². The van der Waals surface area contributed by atoms with Gasteiger partial charge in [-0.25, -0.2) is 9.59 Å². The van der Waals surface area contributed by atoms with Crippen LogP contribution in [0.5, 0.6) is 0 Å². The van der Waals surface area contributed by atoms with Crippen molar-refractivity contribution in [3.05, 3.63) is 59.7 Å². The number of hydrogen-bond donors (Lipinski definition) is 2. The smallest absolute Gasteiger partial charge is 0.408 e. The minimum absolute atomic E-state index is 0.0491. The van der Waals surface area contributed by atoms with Gasteiger partial charge in [-0.1, -0.05) is 48.5 Å². The zero-order valence-electron chi connectivity index (χ0n) is 14.1. The van der Waals surface area contributed by atoms with E-state index in [1.54, 1.807) is 0 Å². The third kappa shape index (κ3) is 2.72. The maximum absolute atomic E-state index is 12.2. The summed E-state index contributed by atoms with van der Waals surface area (Å²) in [4.78, 5) is 23.7. The number of carbonyl (C=O) groups excluding carboxylic acids is 1. The third-order valence-electron chi connectivity index (χ3n) is 5.12. The van der Waals surface area contributed by atoms with Crippen LogP contribution < -0.4 is 5.32 Å². The fourth-order valence-electron chi connectivity index (χ4n) is 3.72. The number of nitrogens with one attached hydrogen (secondary N) is 1. The van der Waals surface area contributed by atoms with Crippen LogP contribution in [0.4, 0.5) is 4.79 Å². The molecule has 1 aliphatic heterocycles. The molecule has 1 aliphatic carbocycles. The predicted molar refractivity (Wildman–Crippen MR) is 94.0 cm³/mol. The van der Waals surface area contributed by atoms with Crippen LogP contribution in [0.3, 0.4) is 0 Å². The number of rotatable bonds is 4. The Labute approximate surface area is 150 Å². The molecule has 2 aromatic rings. The summed E-state index contributed by atoms with van der Waals surface area (Å²) in [6, 6.07) is 16.1. The maximum Gasteiger partial charge on any atom is 0.408 e. The molecule has 0 bridgehead atoms. The van der Waals surface area contributed by atoms with E-state index in [2.05, 4.69) is 17.4 Å². The van der Waals surface area contributed by atoms with Gasteiger partial charge in [0.05, 0.1) is 6.61 Å². The molecule has 2 aliphatic rings. The summed E-state index contributed by atoms with van der Waals surface area (Å²) in [5, 5.41) is 11.9. The Hall–Kier alpha value is -2.86. The minimum Gasteiger partial charge on any atom is -0.479 e. The van der Waals surface area contributed by atoms with Gasteiger partial charge < -0.3 is 19.9 Å². The molecule has 1 saturated heterocycles. The zero-order chi connectivity index (χ0) is 18.1. The summed E-state index contributed by atoms with van der Waals surface area (Å²) in [5.41, 5.74) is 3.10. The summed E-state index contributed by atoms with van der Waals surface area (Å²) in [6.07, 6.45) is -0.508. The molecule has 6 heteroatoms. The highest BCUT2D eigenvalue weighted by Gasteiger charge is 2.44. The Balaban J connectivity index is 1.50. The highest BCUT2D eigenvalue weighted by molar-refractivity contribution is 5.85. The van der Waals surface area contributed by atoms with Crippen LogP contribution in [0, 0.1) is 0 Å². The largest absolute Gasteiger partial charge is 0.479 e. The minimum atomic E-state index is -1.40. The number of amides is 1. The van der Waals surface area contributed by atoms with E-state index in [9.17, 15) is 14.7 Å². The van der Waals surface area contributed by atoms with Crippen molar-refractivity contribution < 1.29 is 24.2 Å². The quantitative estimate of drug-likeness (QED) is 0.883. The van der Waals surface area contributed by atoms with Gasteiger partial charge >= 0.3 is 12.1 Å². The fraction of sp³-hybridized carbons (Fsp3) is 0.300. The number of alkyl carbamates (subject to hydrolysis) is 1. The van der Waals surface area contributed by atoms with E-state index in [4.69, 9.17) is 9.47 Å². The van der Waals surface area contributed by atoms with Crippen molar-refractivity contribution in [3.8, 4) is 11.1 Å². The third-order valence-corrected chi connectivity index (χ3v) is 5.12. The molecule has 1 heterocycles. The molecule has 26 heavy (non-hydrogen) atoms. The molecule has 6 nitrogen and oxygen atoms in total. The van der Waals surface area contributed by atoms with Gasteiger partial charge in [0.25, 0.3) is 0 Å². The van der Waals surface area contributed by atoms with Crippen LogP contribution in [-0.2, 0) is 14.3 Å². The van der Waals surface area contributed by atoms with Crippen molar-refractivity contribution in [2.45, 2.75) is 17.9 Å². The highest BCUT2D eigenvalue weighted by Crippen LogP contribution is 2.44. The second-order valence-electron chi connectivity index (χ2n) is 6.64. The number of aliphatic carboxylic acids is 1. The fourth-order valence-corrected chi connectivity index (χ4v) is 3.72. The van der Waals surface area contributed by atoms with Crippen LogP contribution in [-0.4, -0.2) is 42.5 Å². The normalized spacial score (nSPS) is 21.1. The lowest BCUT2D eigenvalue weighted by Gasteiger charge is -2.24. The van der Waals surface area contributed by atoms with Crippen LogP contribution in [0.2, 0.25) is 0 Å². The number of ether oxygens (including phenoxy) is 2. The number of hydrogen-bond acceptors (Lipinski definition) is 4. The predicted octanol–water partition coefficient (Wildman–Crippen LogP) is 2.77. The lowest BCUT2D eigenvalue weighted by atomic mass is 9.98. The van der Waals surface area contributed by atoms with E-state index in [1.165, 1.54) is 0 Å². The van der Waals surface area contributed by atoms with E-state index in [0.29, 0.717) is 6.61 Å². The first kappa shape index (κ1) is 16.6. The van der Waals surface area contributed by atoms with Crippen molar-refractivity contribution in [1.29, 1.82) is 0 Å². The molecule has 0 aromatic heterocycles. The SMILES string of the molecule is O=C(N[C@@]1(C(=O)O)CCOC1)OCC1c2ccccc2-c2ccccc21. The first-order valence-corrected chi connectivity index (χ1v) is 8.55. The Morgan fingerprint density at radius 2 is 1.73 bits per heavy atom. The van der Waals surface area contributed by atoms with Crippen molar-refractivity contribution >= 4 is 12.1 Å². The highest BCUT2D eigenvalue weighted by atomic mass is 16.6. The molecule has 134 valence electrons. The van der Waals surface area contributed by atoms with Gasteiger partial charge in [-0.2, -0.15) is 0 Å². The van der Waals surface area contributed by atoms with E-state index in [1.807, 2.05) is 36.4 Å². The number of carboxylic acids is 1. The molecule has 0 spiro atoms. The molecule has 2 N–H and O–H groups in total. The molecule has 1 amide bonds. The lowest BCUT2D eigenvalue weighted by molar-refractivity contribution is -0.144. The molecule has 0 unspecified atom stereocenters. The summed E-state index contributed by atoms with van der Waals surface area (Å²) in [5.74, 6) is -1.17. The number of carboxylic acid groups (broad SMARTS) is 1. The Kier molecular flexibility index (Phi) is 4.12. The summed E-state index contributed by atoms with van der Waals surface area (Å²) < 4.78 is 10.6. The topological polar surface area (TPSA) is 84.9 Å². The Morgan fingerprint density at radius 3 is 2.27 bits per heavy atom. The van der Waals surface area contributed by atoms with Gasteiger partial charge in [0.2, 0.25) is 0 Å². The van der Waals surface area contributed by atoms with Crippen LogP contribution >= 0.6 is 0 Å². The molecule has 1 fully saturated rings. The summed E-state index contributed by atoms with van der Waals surface area (Å²) in [7, 11) is 0. The van der Waals surface area contributed by atoms with Crippen molar-refractivity contribution in [1.82, 2.24) is 5.32 Å². The average Bonchev–Trinajstić information content (AvgIpc) is 3.24. The molecular formula is C20H19NO5. The first-order valence-electron chi connectivity index (χ1n) is 8.55. The number of carbonyl (C=O) groups is 2. The monoisotopic (exact) mass is 353 g/mol. The molecule has 0 radical (unpaired) electrons. The lowest BCUT2D eigenvalue weighted by Crippen LogP contribution is -2.55. The van der Waals surface area contributed by atoms with Crippen LogP contribution in [0.25, 0.3) is 11.1 Å². The van der Waals surface area contributed by atoms with Crippen LogP contribution in [0.1, 0.15) is 23.5 Å². The second-order valence-corrected chi connectivity index (χ2v) is 6.64. The van der Waals surface area contributed by atoms with Gasteiger partial charge in [0, 0.05) is 18.9 Å². The van der Waals surface area contributed by atoms with Gasteiger partial charge in [0.15, 0.2) is 5.54 Å². The molecular weight excluding hydrogens is 334 g/mol. The maximum atomic E-state index is 12.2. The molecule has 4 rings (SSSR count). The van der Waals surface area contributed by atoms with Gasteiger partial charge in [-0.15, -0.1) is 0 Å². The van der Waals surface area contributed by atoms with Crippen molar-refractivity contribution in [2.75, 3.05) is 19.8 Å². The van der Waals surface area contributed by atoms with Gasteiger partial charge in [0.1, 0.15) is 6.61 Å². The standard InChI is InChI=1S/C20H19NO5/c22-18(23)20(9-10-25-12-20)21-19(24)26-11-17-15-7-3-1-5-13(15)14-6-2-4-8-16(14)17/h1-8,17H,9-12H2,(H,21,24)(H,22,23)/t20-/m0/s1. The van der Waals surface area contributed by atoms with E-state index in [0.717, 1.165) is 22.3 Å². The van der Waals surface area contributed by atoms with E-state index >= 15 is 0 Å². The average molecular weight is 353 g/mol. The number of fused-ring (bicyclic) bond motifs is 3. The number of benzene rings is 2.